The Morgan fingerprint density at radius 1 is 1.24 bits per heavy atom. The molecule has 0 radical (unpaired) electrons. The van der Waals surface area contributed by atoms with Crippen molar-refractivity contribution in [3.8, 4) is 0 Å². The topological polar surface area (TPSA) is 79.4 Å². The second-order valence-corrected chi connectivity index (χ2v) is 11.5. The summed E-state index contributed by atoms with van der Waals surface area (Å²) in [5, 5.41) is 5.13. The molecule has 1 amide bonds. The van der Waals surface area contributed by atoms with Gasteiger partial charge in [-0.25, -0.2) is 13.4 Å². The molecule has 1 N–H and O–H groups in total. The average molecular weight is 450 g/mol. The molecule has 1 fully saturated rings. The quantitative estimate of drug-likeness (QED) is 0.614. The van der Waals surface area contributed by atoms with Crippen LogP contribution in [0.5, 0.6) is 0 Å². The highest BCUT2D eigenvalue weighted by atomic mass is 32.2. The number of para-hydroxylation sites is 1. The Bertz CT molecular complexity index is 1120. The van der Waals surface area contributed by atoms with Gasteiger partial charge < -0.3 is 5.32 Å². The van der Waals surface area contributed by atoms with E-state index in [-0.39, 0.29) is 10.1 Å². The highest BCUT2D eigenvalue weighted by Crippen LogP contribution is 2.33. The maximum atomic E-state index is 13.0. The number of aromatic nitrogens is 1. The second kappa shape index (κ2) is 8.14. The fraction of sp³-hybridized carbons (Fsp3) is 0.400. The van der Waals surface area contributed by atoms with Crippen LogP contribution < -0.4 is 5.32 Å². The third-order valence-electron chi connectivity index (χ3n) is 5.12. The molecule has 1 unspecified atom stereocenters. The number of nitrogens with zero attached hydrogens (tertiary/aromatic N) is 2. The number of hydrogen-bond donors (Lipinski definition) is 1. The third kappa shape index (κ3) is 3.96. The highest BCUT2D eigenvalue weighted by molar-refractivity contribution is 7.91. The molecule has 154 valence electrons. The molecule has 0 aliphatic carbocycles. The van der Waals surface area contributed by atoms with Crippen molar-refractivity contribution in [1.29, 1.82) is 0 Å². The van der Waals surface area contributed by atoms with Crippen LogP contribution in [-0.2, 0) is 14.8 Å². The van der Waals surface area contributed by atoms with Crippen molar-refractivity contribution < 1.29 is 13.2 Å². The lowest BCUT2D eigenvalue weighted by atomic mass is 10.0. The van der Waals surface area contributed by atoms with Gasteiger partial charge in [0.1, 0.15) is 10.3 Å². The summed E-state index contributed by atoms with van der Waals surface area (Å²) in [6.07, 6.45) is 2.09. The largest absolute Gasteiger partial charge is 0.301 e. The molecule has 3 aromatic rings. The minimum atomic E-state index is -3.67. The van der Waals surface area contributed by atoms with Crippen molar-refractivity contribution in [2.45, 2.75) is 49.3 Å². The number of benzene rings is 1. The van der Waals surface area contributed by atoms with E-state index in [0.29, 0.717) is 24.0 Å². The van der Waals surface area contributed by atoms with E-state index in [1.165, 1.54) is 27.0 Å². The lowest BCUT2D eigenvalue weighted by Crippen LogP contribution is -2.49. The zero-order valence-corrected chi connectivity index (χ0v) is 18.7. The summed E-state index contributed by atoms with van der Waals surface area (Å²) in [7, 11) is -3.67. The fourth-order valence-electron chi connectivity index (χ4n) is 3.66. The molecule has 1 aliphatic rings. The molecule has 6 nitrogen and oxygen atoms in total. The van der Waals surface area contributed by atoms with E-state index in [1.807, 2.05) is 12.1 Å². The molecule has 4 rings (SSSR count). The van der Waals surface area contributed by atoms with Crippen LogP contribution in [0.4, 0.5) is 5.13 Å². The number of fused-ring (bicyclic) bond motifs is 1. The maximum absolute atomic E-state index is 13.0. The Balaban J connectivity index is 1.60. The molecular weight excluding hydrogens is 426 g/mol. The van der Waals surface area contributed by atoms with Gasteiger partial charge in [0.15, 0.2) is 5.13 Å². The number of thiazole rings is 1. The van der Waals surface area contributed by atoms with E-state index in [0.717, 1.165) is 28.6 Å². The highest BCUT2D eigenvalue weighted by Gasteiger charge is 2.38. The monoisotopic (exact) mass is 449 g/mol. The van der Waals surface area contributed by atoms with Crippen molar-refractivity contribution >= 4 is 54.0 Å². The zero-order chi connectivity index (χ0) is 20.6. The fourth-order valence-corrected chi connectivity index (χ4v) is 7.34. The van der Waals surface area contributed by atoms with E-state index < -0.39 is 16.1 Å². The summed E-state index contributed by atoms with van der Waals surface area (Å²) in [6, 6.07) is 8.62. The minimum absolute atomic E-state index is 0.277. The molecule has 1 saturated heterocycles. The van der Waals surface area contributed by atoms with Crippen LogP contribution in [0.15, 0.2) is 39.9 Å². The molecule has 1 aromatic carbocycles. The van der Waals surface area contributed by atoms with Gasteiger partial charge in [0, 0.05) is 6.54 Å². The van der Waals surface area contributed by atoms with Crippen molar-refractivity contribution in [3.63, 3.8) is 0 Å². The minimum Gasteiger partial charge on any atom is -0.301 e. The second-order valence-electron chi connectivity index (χ2n) is 7.42. The summed E-state index contributed by atoms with van der Waals surface area (Å²) in [5.74, 6) is 0.0177. The number of piperidine rings is 1. The number of nitrogens with one attached hydrogen (secondary N) is 1. The van der Waals surface area contributed by atoms with Crippen molar-refractivity contribution in [3.05, 3.63) is 41.3 Å². The molecular formula is C20H23N3O3S3. The number of carbonyl (C=O) groups excluding carboxylic acids is 1. The normalized spacial score (nSPS) is 18.4. The van der Waals surface area contributed by atoms with Gasteiger partial charge >= 0.3 is 0 Å². The molecule has 29 heavy (non-hydrogen) atoms. The smallest absolute Gasteiger partial charge is 0.253 e. The Hall–Kier alpha value is -1.81. The summed E-state index contributed by atoms with van der Waals surface area (Å²) in [4.78, 5) is 17.7. The Labute approximate surface area is 178 Å². The SMILES string of the molecule is CC(C)c1cccc2sc(NC(=O)C3CCCCN3S(=O)(=O)c3cccs3)nc12. The number of hydrogen-bond acceptors (Lipinski definition) is 6. The first-order valence-electron chi connectivity index (χ1n) is 9.63. The molecule has 3 heterocycles. The number of sulfonamides is 1. The molecule has 0 saturated carbocycles. The van der Waals surface area contributed by atoms with Crippen molar-refractivity contribution in [1.82, 2.24) is 9.29 Å². The van der Waals surface area contributed by atoms with Crippen molar-refractivity contribution in [2.75, 3.05) is 11.9 Å². The van der Waals surface area contributed by atoms with E-state index in [2.05, 4.69) is 30.2 Å². The van der Waals surface area contributed by atoms with Crippen LogP contribution >= 0.6 is 22.7 Å². The van der Waals surface area contributed by atoms with Crippen LogP contribution in [0.2, 0.25) is 0 Å². The van der Waals surface area contributed by atoms with Gasteiger partial charge in [-0.1, -0.05) is 49.8 Å². The number of amides is 1. The van der Waals surface area contributed by atoms with E-state index in [9.17, 15) is 13.2 Å². The van der Waals surface area contributed by atoms with Gasteiger partial charge in [0.2, 0.25) is 5.91 Å². The van der Waals surface area contributed by atoms with Gasteiger partial charge in [0.05, 0.1) is 10.2 Å². The first-order chi connectivity index (χ1) is 13.9. The van der Waals surface area contributed by atoms with Crippen LogP contribution in [0.1, 0.15) is 44.6 Å². The van der Waals surface area contributed by atoms with Gasteiger partial charge in [-0.3, -0.25) is 4.79 Å². The van der Waals surface area contributed by atoms with Gasteiger partial charge in [-0.05, 0) is 41.8 Å². The third-order valence-corrected chi connectivity index (χ3v) is 9.33. The molecule has 0 spiro atoms. The number of rotatable bonds is 5. The van der Waals surface area contributed by atoms with Gasteiger partial charge in [-0.2, -0.15) is 4.31 Å². The first-order valence-corrected chi connectivity index (χ1v) is 12.8. The van der Waals surface area contributed by atoms with E-state index in [4.69, 9.17) is 0 Å². The zero-order valence-electron chi connectivity index (χ0n) is 16.3. The Kier molecular flexibility index (Phi) is 5.74. The van der Waals surface area contributed by atoms with Crippen LogP contribution in [-0.4, -0.2) is 36.2 Å². The Morgan fingerprint density at radius 3 is 2.79 bits per heavy atom. The summed E-state index contributed by atoms with van der Waals surface area (Å²) < 4.78 is 28.7. The first kappa shape index (κ1) is 20.5. The molecule has 9 heteroatoms. The summed E-state index contributed by atoms with van der Waals surface area (Å²) in [5.41, 5.74) is 2.04. The number of anilines is 1. The summed E-state index contributed by atoms with van der Waals surface area (Å²) >= 11 is 2.60. The van der Waals surface area contributed by atoms with Crippen molar-refractivity contribution in [2.24, 2.45) is 0 Å². The Morgan fingerprint density at radius 2 is 2.07 bits per heavy atom. The standard InChI is InChI=1S/C20H23N3O3S3/c1-13(2)14-7-5-9-16-18(14)21-20(28-16)22-19(24)15-8-3-4-11-23(15)29(25,26)17-10-6-12-27-17/h5-7,9-10,12-13,15H,3-4,8,11H2,1-2H3,(H,21,22,24). The number of carbonyl (C=O) groups is 1. The average Bonchev–Trinajstić information content (AvgIpc) is 3.37. The van der Waals surface area contributed by atoms with Crippen LogP contribution in [0.3, 0.4) is 0 Å². The summed E-state index contributed by atoms with van der Waals surface area (Å²) in [6.45, 7) is 4.58. The predicted octanol–water partition coefficient (Wildman–Crippen LogP) is 4.66. The lowest BCUT2D eigenvalue weighted by molar-refractivity contribution is -0.120. The van der Waals surface area contributed by atoms with Gasteiger partial charge in [0.25, 0.3) is 10.0 Å². The van der Waals surface area contributed by atoms with E-state index in [1.54, 1.807) is 17.5 Å². The predicted molar refractivity (Wildman–Crippen MR) is 118 cm³/mol. The van der Waals surface area contributed by atoms with E-state index >= 15 is 0 Å². The van der Waals surface area contributed by atoms with Gasteiger partial charge in [-0.15, -0.1) is 11.3 Å². The molecule has 0 bridgehead atoms. The van der Waals surface area contributed by atoms with Crippen LogP contribution in [0, 0.1) is 0 Å². The maximum Gasteiger partial charge on any atom is 0.253 e. The molecule has 2 aromatic heterocycles. The lowest BCUT2D eigenvalue weighted by Gasteiger charge is -2.32. The van der Waals surface area contributed by atoms with Crippen LogP contribution in [0.25, 0.3) is 10.2 Å². The number of thiophene rings is 1. The molecule has 1 aliphatic heterocycles. The molecule has 1 atom stereocenters.